The molecule has 2 heterocycles. The van der Waals surface area contributed by atoms with Crippen LogP contribution in [0, 0.1) is 11.8 Å². The Hall–Kier alpha value is -2.81. The number of carbonyl (C=O) groups is 3. The number of phenolic OH excluding ortho intramolecular Hbond substituents is 1. The van der Waals surface area contributed by atoms with Crippen molar-refractivity contribution < 1.29 is 34.4 Å². The second kappa shape index (κ2) is 12.3. The number of ether oxygens (including phenoxy) is 1. The molecule has 3 N–H and O–H groups in total. The highest BCUT2D eigenvalue weighted by molar-refractivity contribution is 6.27. The van der Waals surface area contributed by atoms with Gasteiger partial charge in [-0.2, -0.15) is 0 Å². The Kier molecular flexibility index (Phi) is 9.77. The molecule has 0 aromatic heterocycles. The van der Waals surface area contributed by atoms with Crippen LogP contribution >= 0.6 is 0 Å². The summed E-state index contributed by atoms with van der Waals surface area (Å²) in [5.74, 6) is -1.58. The second-order valence-electron chi connectivity index (χ2n) is 8.40. The van der Waals surface area contributed by atoms with Crippen molar-refractivity contribution in [3.05, 3.63) is 23.8 Å². The molecule has 9 heteroatoms. The molecule has 178 valence electrons. The van der Waals surface area contributed by atoms with Crippen LogP contribution in [0.15, 0.2) is 18.2 Å². The number of likely N-dealkylation sites (tertiary alicyclic amines) is 2. The van der Waals surface area contributed by atoms with E-state index in [1.54, 1.807) is 6.07 Å². The van der Waals surface area contributed by atoms with Crippen molar-refractivity contribution in [1.82, 2.24) is 9.80 Å². The van der Waals surface area contributed by atoms with E-state index < -0.39 is 11.9 Å². The zero-order valence-corrected chi connectivity index (χ0v) is 18.8. The predicted octanol–water partition coefficient (Wildman–Crippen LogP) is 2.42. The number of carboxylic acids is 2. The van der Waals surface area contributed by atoms with E-state index in [9.17, 15) is 9.90 Å². The van der Waals surface area contributed by atoms with Gasteiger partial charge in [0.1, 0.15) is 0 Å². The lowest BCUT2D eigenvalue weighted by Gasteiger charge is -2.36. The van der Waals surface area contributed by atoms with Gasteiger partial charge in [0, 0.05) is 25.6 Å². The normalized spacial score (nSPS) is 17.9. The van der Waals surface area contributed by atoms with Crippen LogP contribution in [-0.2, 0) is 20.9 Å². The van der Waals surface area contributed by atoms with E-state index in [0.29, 0.717) is 18.3 Å². The molecule has 2 aliphatic heterocycles. The third-order valence-electron chi connectivity index (χ3n) is 5.95. The predicted molar refractivity (Wildman–Crippen MR) is 118 cm³/mol. The fourth-order valence-corrected chi connectivity index (χ4v) is 4.01. The number of benzene rings is 1. The molecule has 1 amide bonds. The molecule has 0 radical (unpaired) electrons. The molecule has 2 aliphatic rings. The van der Waals surface area contributed by atoms with Crippen molar-refractivity contribution in [3.63, 3.8) is 0 Å². The Bertz CT molecular complexity index is 771. The first kappa shape index (κ1) is 25.5. The summed E-state index contributed by atoms with van der Waals surface area (Å²) in [6, 6.07) is 5.57. The van der Waals surface area contributed by atoms with Crippen LogP contribution in [0.25, 0.3) is 0 Å². The molecule has 0 atom stereocenters. The van der Waals surface area contributed by atoms with Crippen LogP contribution < -0.4 is 4.74 Å². The fourth-order valence-electron chi connectivity index (χ4n) is 4.01. The van der Waals surface area contributed by atoms with Gasteiger partial charge in [0.05, 0.1) is 6.61 Å². The van der Waals surface area contributed by atoms with Gasteiger partial charge >= 0.3 is 11.9 Å². The molecule has 2 fully saturated rings. The molecule has 32 heavy (non-hydrogen) atoms. The smallest absolute Gasteiger partial charge is 0.414 e. The molecular formula is C23H34N2O7. The number of nitrogens with zero attached hydrogens (tertiary/aromatic N) is 2. The third kappa shape index (κ3) is 7.71. The Morgan fingerprint density at radius 1 is 1.00 bits per heavy atom. The van der Waals surface area contributed by atoms with E-state index in [1.807, 2.05) is 19.1 Å². The Morgan fingerprint density at radius 3 is 2.12 bits per heavy atom. The van der Waals surface area contributed by atoms with Crippen LogP contribution in [0.3, 0.4) is 0 Å². The first-order chi connectivity index (χ1) is 15.2. The van der Waals surface area contributed by atoms with Crippen LogP contribution in [0.1, 0.15) is 45.1 Å². The lowest BCUT2D eigenvalue weighted by molar-refractivity contribution is -0.159. The Morgan fingerprint density at radius 2 is 1.59 bits per heavy atom. The van der Waals surface area contributed by atoms with Gasteiger partial charge < -0.3 is 25.0 Å². The lowest BCUT2D eigenvalue weighted by atomic mass is 9.92. The largest absolute Gasteiger partial charge is 0.504 e. The molecule has 9 nitrogen and oxygen atoms in total. The standard InChI is InChI=1S/C21H32N2O3.C2H2O4/c1-3-26-20-14-17(4-5-19(20)24)15-22-10-8-18(9-11-22)21(25)23-12-6-16(2)7-13-23;3-1(4)2(5)6/h4-5,14,16,18,24H,3,6-13,15H2,1-2H3;(H,3,4)(H,5,6). The van der Waals surface area contributed by atoms with Gasteiger partial charge in [-0.1, -0.05) is 13.0 Å². The summed E-state index contributed by atoms with van der Waals surface area (Å²) < 4.78 is 5.47. The highest BCUT2D eigenvalue weighted by Gasteiger charge is 2.30. The maximum absolute atomic E-state index is 12.7. The summed E-state index contributed by atoms with van der Waals surface area (Å²) in [5.41, 5.74) is 1.14. The first-order valence-electron chi connectivity index (χ1n) is 11.1. The van der Waals surface area contributed by atoms with Crippen LogP contribution in [0.2, 0.25) is 0 Å². The van der Waals surface area contributed by atoms with Gasteiger partial charge in [-0.25, -0.2) is 9.59 Å². The number of rotatable bonds is 5. The number of amides is 1. The number of aliphatic carboxylic acids is 2. The van der Waals surface area contributed by atoms with Gasteiger partial charge in [-0.3, -0.25) is 9.69 Å². The van der Waals surface area contributed by atoms with E-state index in [2.05, 4.69) is 16.7 Å². The number of hydrogen-bond acceptors (Lipinski definition) is 6. The highest BCUT2D eigenvalue weighted by atomic mass is 16.5. The Labute approximate surface area is 188 Å². The van der Waals surface area contributed by atoms with Crippen molar-refractivity contribution in [1.29, 1.82) is 0 Å². The number of carboxylic acid groups (broad SMARTS) is 2. The molecule has 1 aromatic rings. The summed E-state index contributed by atoms with van der Waals surface area (Å²) in [6.45, 7) is 9.35. The van der Waals surface area contributed by atoms with Gasteiger partial charge in [-0.05, 0) is 69.3 Å². The van der Waals surface area contributed by atoms with E-state index in [1.165, 1.54) is 0 Å². The van der Waals surface area contributed by atoms with E-state index >= 15 is 0 Å². The average Bonchev–Trinajstić information content (AvgIpc) is 2.77. The van der Waals surface area contributed by atoms with E-state index in [-0.39, 0.29) is 11.7 Å². The van der Waals surface area contributed by atoms with Crippen LogP contribution in [0.5, 0.6) is 11.5 Å². The quantitative estimate of drug-likeness (QED) is 0.584. The fraction of sp³-hybridized carbons (Fsp3) is 0.609. The summed E-state index contributed by atoms with van der Waals surface area (Å²) in [6.07, 6.45) is 4.18. The monoisotopic (exact) mass is 450 g/mol. The van der Waals surface area contributed by atoms with Crippen molar-refractivity contribution in [2.45, 2.75) is 46.1 Å². The highest BCUT2D eigenvalue weighted by Crippen LogP contribution is 2.29. The topological polar surface area (TPSA) is 128 Å². The summed E-state index contributed by atoms with van der Waals surface area (Å²) >= 11 is 0. The molecule has 0 saturated carbocycles. The summed E-state index contributed by atoms with van der Waals surface area (Å²) in [4.78, 5) is 35.4. The maximum atomic E-state index is 12.7. The molecular weight excluding hydrogens is 416 g/mol. The first-order valence-corrected chi connectivity index (χ1v) is 11.1. The van der Waals surface area contributed by atoms with Crippen molar-refractivity contribution in [2.75, 3.05) is 32.8 Å². The average molecular weight is 451 g/mol. The maximum Gasteiger partial charge on any atom is 0.414 e. The van der Waals surface area contributed by atoms with Gasteiger partial charge in [0.15, 0.2) is 11.5 Å². The number of piperidine rings is 2. The zero-order chi connectivity index (χ0) is 23.7. The number of aromatic hydroxyl groups is 1. The molecule has 0 unspecified atom stereocenters. The van der Waals surface area contributed by atoms with Gasteiger partial charge in [0.2, 0.25) is 5.91 Å². The zero-order valence-electron chi connectivity index (χ0n) is 18.8. The minimum absolute atomic E-state index is 0.191. The Balaban J connectivity index is 0.000000534. The van der Waals surface area contributed by atoms with Gasteiger partial charge in [-0.15, -0.1) is 0 Å². The van der Waals surface area contributed by atoms with Crippen molar-refractivity contribution in [3.8, 4) is 11.5 Å². The van der Waals surface area contributed by atoms with Crippen LogP contribution in [-0.4, -0.2) is 75.8 Å². The van der Waals surface area contributed by atoms with E-state index in [0.717, 1.165) is 69.9 Å². The number of hydrogen-bond donors (Lipinski definition) is 3. The minimum Gasteiger partial charge on any atom is -0.504 e. The molecule has 0 aliphatic carbocycles. The number of carbonyl (C=O) groups excluding carboxylic acids is 1. The minimum atomic E-state index is -1.82. The number of phenols is 1. The summed E-state index contributed by atoms with van der Waals surface area (Å²) in [5, 5.41) is 24.6. The lowest BCUT2D eigenvalue weighted by Crippen LogP contribution is -2.45. The van der Waals surface area contributed by atoms with Crippen molar-refractivity contribution >= 4 is 17.8 Å². The SMILES string of the molecule is CCOc1cc(CN2CCC(C(=O)N3CCC(C)CC3)CC2)ccc1O.O=C(O)C(=O)O. The van der Waals surface area contributed by atoms with Crippen LogP contribution in [0.4, 0.5) is 0 Å². The third-order valence-corrected chi connectivity index (χ3v) is 5.95. The van der Waals surface area contributed by atoms with E-state index in [4.69, 9.17) is 24.5 Å². The molecule has 0 spiro atoms. The molecule has 0 bridgehead atoms. The molecule has 3 rings (SSSR count). The summed E-state index contributed by atoms with van der Waals surface area (Å²) in [7, 11) is 0. The van der Waals surface area contributed by atoms with Gasteiger partial charge in [0.25, 0.3) is 0 Å². The molecule has 2 saturated heterocycles. The second-order valence-corrected chi connectivity index (χ2v) is 8.40. The molecule has 1 aromatic carbocycles. The van der Waals surface area contributed by atoms with Crippen molar-refractivity contribution in [2.24, 2.45) is 11.8 Å².